The Balaban J connectivity index is 2.07. The fourth-order valence-electron chi connectivity index (χ4n) is 3.83. The zero-order valence-electron chi connectivity index (χ0n) is 14.6. The van der Waals surface area contributed by atoms with Gasteiger partial charge in [0.05, 0.1) is 12.2 Å². The molecule has 2 aliphatic rings. The van der Waals surface area contributed by atoms with E-state index in [9.17, 15) is 14.7 Å². The minimum absolute atomic E-state index is 0.125. The van der Waals surface area contributed by atoms with Crippen LogP contribution in [0.2, 0.25) is 0 Å². The van der Waals surface area contributed by atoms with E-state index in [2.05, 4.69) is 0 Å². The zero-order valence-corrected chi connectivity index (χ0v) is 14.6. The lowest BCUT2D eigenvalue weighted by Crippen LogP contribution is -2.52. The van der Waals surface area contributed by atoms with Gasteiger partial charge in [0, 0.05) is 11.6 Å². The first kappa shape index (κ1) is 17.1. The van der Waals surface area contributed by atoms with Crippen LogP contribution in [0.4, 0.5) is 0 Å². The number of carbonyl (C=O) groups is 2. The Morgan fingerprint density at radius 1 is 1.04 bits per heavy atom. The minimum atomic E-state index is -0.600. The summed E-state index contributed by atoms with van der Waals surface area (Å²) in [7, 11) is 0. The van der Waals surface area contributed by atoms with Crippen molar-refractivity contribution in [3.8, 4) is 0 Å². The lowest BCUT2D eigenvalue weighted by Gasteiger charge is -2.39. The van der Waals surface area contributed by atoms with E-state index >= 15 is 0 Å². The third kappa shape index (κ3) is 2.56. The molecule has 1 atom stereocenters. The number of fused-ring (bicyclic) bond motifs is 3. The van der Waals surface area contributed by atoms with Crippen LogP contribution < -0.4 is 5.73 Å². The molecular weight excluding hydrogens is 340 g/mol. The van der Waals surface area contributed by atoms with Gasteiger partial charge >= 0.3 is 5.91 Å². The zero-order chi connectivity index (χ0) is 19.0. The number of carbonyl (C=O) groups excluding carboxylic acids is 2. The monoisotopic (exact) mass is 359 g/mol. The molecule has 27 heavy (non-hydrogen) atoms. The molecule has 0 aromatic heterocycles. The first-order valence-corrected chi connectivity index (χ1v) is 8.72. The second kappa shape index (κ2) is 6.46. The van der Waals surface area contributed by atoms with Crippen LogP contribution in [-0.2, 0) is 9.59 Å². The number of aliphatic hydroxyl groups is 1. The summed E-state index contributed by atoms with van der Waals surface area (Å²) in [6, 6.07) is 16.7. The van der Waals surface area contributed by atoms with Crippen molar-refractivity contribution < 1.29 is 19.2 Å². The minimum Gasteiger partial charge on any atom is -0.390 e. The average molecular weight is 359 g/mol. The summed E-state index contributed by atoms with van der Waals surface area (Å²) in [5.41, 5.74) is 9.34. The number of hydrogen-bond donors (Lipinski definition) is 2. The van der Waals surface area contributed by atoms with E-state index in [4.69, 9.17) is 5.73 Å². The SMILES string of the molecule is NC(=O)C1=C2c3ccccc3C=C[N+]2(CCO)C(=O)C(c2ccccc2)=C1. The fraction of sp³-hybridized carbons (Fsp3) is 0.0909. The average Bonchev–Trinajstić information content (AvgIpc) is 2.69. The third-order valence-corrected chi connectivity index (χ3v) is 5.06. The van der Waals surface area contributed by atoms with Gasteiger partial charge in [0.25, 0.3) is 5.91 Å². The number of primary amides is 1. The van der Waals surface area contributed by atoms with Crippen LogP contribution in [0, 0.1) is 0 Å². The number of aliphatic hydroxyl groups excluding tert-OH is 1. The molecule has 3 N–H and O–H groups in total. The number of hydrogen-bond acceptors (Lipinski definition) is 3. The highest BCUT2D eigenvalue weighted by atomic mass is 16.3. The number of nitrogens with zero attached hydrogens (tertiary/aromatic N) is 1. The van der Waals surface area contributed by atoms with E-state index in [0.29, 0.717) is 22.4 Å². The quantitative estimate of drug-likeness (QED) is 0.822. The van der Waals surface area contributed by atoms with E-state index in [1.807, 2.05) is 60.7 Å². The van der Waals surface area contributed by atoms with E-state index < -0.39 is 5.91 Å². The van der Waals surface area contributed by atoms with Gasteiger partial charge in [-0.15, -0.1) is 0 Å². The molecule has 2 aromatic rings. The van der Waals surface area contributed by atoms with Crippen LogP contribution in [-0.4, -0.2) is 34.6 Å². The summed E-state index contributed by atoms with van der Waals surface area (Å²) in [5, 5.41) is 9.74. The molecule has 0 saturated carbocycles. The molecule has 0 bridgehead atoms. The van der Waals surface area contributed by atoms with E-state index in [1.165, 1.54) is 0 Å². The molecule has 0 aliphatic carbocycles. The van der Waals surface area contributed by atoms with Gasteiger partial charge in [-0.3, -0.25) is 4.79 Å². The topological polar surface area (TPSA) is 80.4 Å². The molecule has 5 heteroatoms. The summed E-state index contributed by atoms with van der Waals surface area (Å²) in [5.74, 6) is -0.794. The Kier molecular flexibility index (Phi) is 4.11. The highest BCUT2D eigenvalue weighted by Crippen LogP contribution is 2.44. The Morgan fingerprint density at radius 3 is 2.44 bits per heavy atom. The van der Waals surface area contributed by atoms with Crippen molar-refractivity contribution >= 4 is 29.2 Å². The van der Waals surface area contributed by atoms with Gasteiger partial charge in [-0.1, -0.05) is 48.5 Å². The van der Waals surface area contributed by atoms with Crippen molar-refractivity contribution in [3.05, 3.63) is 89.1 Å². The first-order chi connectivity index (χ1) is 13.1. The van der Waals surface area contributed by atoms with Gasteiger partial charge in [0.15, 0.2) is 5.70 Å². The third-order valence-electron chi connectivity index (χ3n) is 5.06. The van der Waals surface area contributed by atoms with Gasteiger partial charge in [0.2, 0.25) is 0 Å². The van der Waals surface area contributed by atoms with Crippen LogP contribution in [0.15, 0.2) is 72.4 Å². The lowest BCUT2D eigenvalue weighted by molar-refractivity contribution is -0.725. The number of quaternary nitrogens is 1. The van der Waals surface area contributed by atoms with Gasteiger partial charge in [-0.25, -0.2) is 4.79 Å². The lowest BCUT2D eigenvalue weighted by atomic mass is 9.87. The molecule has 134 valence electrons. The summed E-state index contributed by atoms with van der Waals surface area (Å²) in [6.45, 7) is -0.0875. The summed E-state index contributed by atoms with van der Waals surface area (Å²) >= 11 is 0. The second-order valence-corrected chi connectivity index (χ2v) is 6.57. The predicted molar refractivity (Wildman–Crippen MR) is 103 cm³/mol. The molecule has 4 rings (SSSR count). The molecule has 0 fully saturated rings. The van der Waals surface area contributed by atoms with E-state index in [-0.39, 0.29) is 23.5 Å². The Hall–Kier alpha value is -3.28. The maximum absolute atomic E-state index is 13.6. The molecule has 0 spiro atoms. The van der Waals surface area contributed by atoms with Crippen LogP contribution in [0.3, 0.4) is 0 Å². The Labute approximate surface area is 156 Å². The summed E-state index contributed by atoms with van der Waals surface area (Å²) in [6.07, 6.45) is 5.19. The molecule has 1 unspecified atom stereocenters. The van der Waals surface area contributed by atoms with Crippen LogP contribution >= 0.6 is 0 Å². The normalized spacial score (nSPS) is 20.8. The molecule has 0 saturated heterocycles. The van der Waals surface area contributed by atoms with Crippen LogP contribution in [0.25, 0.3) is 17.3 Å². The molecule has 2 aliphatic heterocycles. The molecule has 0 radical (unpaired) electrons. The summed E-state index contributed by atoms with van der Waals surface area (Å²) in [4.78, 5) is 26.0. The van der Waals surface area contributed by atoms with Crippen molar-refractivity contribution in [2.45, 2.75) is 0 Å². The second-order valence-electron chi connectivity index (χ2n) is 6.57. The maximum Gasteiger partial charge on any atom is 0.356 e. The van der Waals surface area contributed by atoms with Crippen molar-refractivity contribution in [1.29, 1.82) is 0 Å². The van der Waals surface area contributed by atoms with Gasteiger partial charge < -0.3 is 10.8 Å². The first-order valence-electron chi connectivity index (χ1n) is 8.72. The van der Waals surface area contributed by atoms with Crippen molar-refractivity contribution in [3.63, 3.8) is 0 Å². The fourth-order valence-corrected chi connectivity index (χ4v) is 3.83. The van der Waals surface area contributed by atoms with Crippen molar-refractivity contribution in [2.75, 3.05) is 13.2 Å². The largest absolute Gasteiger partial charge is 0.390 e. The molecular formula is C22H19N2O3+. The van der Waals surface area contributed by atoms with Crippen LogP contribution in [0.1, 0.15) is 16.7 Å². The highest BCUT2D eigenvalue weighted by molar-refractivity contribution is 6.23. The summed E-state index contributed by atoms with van der Waals surface area (Å²) < 4.78 is -0.257. The van der Waals surface area contributed by atoms with Crippen molar-refractivity contribution in [1.82, 2.24) is 0 Å². The van der Waals surface area contributed by atoms with E-state index in [0.717, 1.165) is 11.1 Å². The molecule has 5 nitrogen and oxygen atoms in total. The maximum atomic E-state index is 13.6. The Morgan fingerprint density at radius 2 is 1.74 bits per heavy atom. The number of rotatable bonds is 4. The predicted octanol–water partition coefficient (Wildman–Crippen LogP) is 2.30. The van der Waals surface area contributed by atoms with Crippen molar-refractivity contribution in [2.24, 2.45) is 5.73 Å². The van der Waals surface area contributed by atoms with Gasteiger partial charge in [0.1, 0.15) is 18.3 Å². The molecule has 2 amide bonds. The smallest absolute Gasteiger partial charge is 0.356 e. The number of benzene rings is 2. The molecule has 2 aromatic carbocycles. The van der Waals surface area contributed by atoms with Gasteiger partial charge in [-0.05, 0) is 23.3 Å². The Bertz CT molecular complexity index is 1030. The molecule has 2 heterocycles. The number of amides is 2. The van der Waals surface area contributed by atoms with E-state index in [1.54, 1.807) is 12.3 Å². The number of nitrogens with two attached hydrogens (primary N) is 1. The highest BCUT2D eigenvalue weighted by Gasteiger charge is 2.49. The van der Waals surface area contributed by atoms with Crippen LogP contribution in [0.5, 0.6) is 0 Å². The standard InChI is InChI=1S/C22H18N2O3/c23-21(26)19-14-18(15-6-2-1-3-7-15)22(27)24(12-13-25)11-10-16-8-4-5-9-17(16)20(19)24/h1-11,14,25H,12-13H2,(H-,23,26)/p+1. The van der Waals surface area contributed by atoms with Gasteiger partial charge in [-0.2, -0.15) is 4.48 Å².